The van der Waals surface area contributed by atoms with Gasteiger partial charge in [-0.1, -0.05) is 12.1 Å². The molecule has 2 heterocycles. The first-order valence-electron chi connectivity index (χ1n) is 8.72. The second-order valence-corrected chi connectivity index (χ2v) is 6.46. The van der Waals surface area contributed by atoms with Gasteiger partial charge in [0.25, 0.3) is 5.91 Å². The maximum atomic E-state index is 12.6. The molecular formula is C20H23N5O. The quantitative estimate of drug-likeness (QED) is 0.742. The van der Waals surface area contributed by atoms with E-state index in [9.17, 15) is 4.79 Å². The summed E-state index contributed by atoms with van der Waals surface area (Å²) in [5, 5.41) is 7.22. The fourth-order valence-electron chi connectivity index (χ4n) is 2.76. The number of carbonyl (C=O) groups is 1. The van der Waals surface area contributed by atoms with Crippen LogP contribution in [0.2, 0.25) is 0 Å². The topological polar surface area (TPSA) is 72.7 Å². The highest BCUT2D eigenvalue weighted by molar-refractivity contribution is 5.95. The van der Waals surface area contributed by atoms with Gasteiger partial charge < -0.3 is 5.32 Å². The number of nitrogens with one attached hydrogen (secondary N) is 1. The third-order valence-corrected chi connectivity index (χ3v) is 4.20. The molecule has 3 aromatic rings. The highest BCUT2D eigenvalue weighted by Gasteiger charge is 2.12. The van der Waals surface area contributed by atoms with Crippen LogP contribution >= 0.6 is 0 Å². The molecule has 0 radical (unpaired) electrons. The fraction of sp³-hybridized carbons (Fsp3) is 0.300. The van der Waals surface area contributed by atoms with Crippen molar-refractivity contribution in [1.29, 1.82) is 0 Å². The standard InChI is InChI=1S/C20H23N5O/c1-14(8-11-25-10-5-9-22-25)24-20(26)18-7-4-6-17(12-18)19-16(3)21-13-15(2)23-19/h4-7,9-10,12-14H,8,11H2,1-3H3,(H,24,26)/t14-/m1/s1. The Morgan fingerprint density at radius 1 is 1.27 bits per heavy atom. The maximum absolute atomic E-state index is 12.6. The van der Waals surface area contributed by atoms with Gasteiger partial charge in [0.2, 0.25) is 0 Å². The van der Waals surface area contributed by atoms with Crippen molar-refractivity contribution in [2.75, 3.05) is 0 Å². The van der Waals surface area contributed by atoms with E-state index >= 15 is 0 Å². The minimum atomic E-state index is -0.0851. The molecule has 1 N–H and O–H groups in total. The zero-order chi connectivity index (χ0) is 18.5. The van der Waals surface area contributed by atoms with E-state index in [1.165, 1.54) is 0 Å². The van der Waals surface area contributed by atoms with Crippen LogP contribution in [0.5, 0.6) is 0 Å². The molecule has 0 spiro atoms. The summed E-state index contributed by atoms with van der Waals surface area (Å²) in [4.78, 5) is 21.5. The smallest absolute Gasteiger partial charge is 0.251 e. The number of carbonyl (C=O) groups excluding carboxylic acids is 1. The van der Waals surface area contributed by atoms with Crippen LogP contribution in [-0.2, 0) is 6.54 Å². The minimum absolute atomic E-state index is 0.0517. The molecule has 6 heteroatoms. The van der Waals surface area contributed by atoms with Crippen molar-refractivity contribution in [3.8, 4) is 11.3 Å². The van der Waals surface area contributed by atoms with E-state index in [2.05, 4.69) is 20.4 Å². The molecule has 1 amide bonds. The van der Waals surface area contributed by atoms with Crippen LogP contribution in [0.3, 0.4) is 0 Å². The predicted octanol–water partition coefficient (Wildman–Crippen LogP) is 3.17. The molecule has 0 bridgehead atoms. The summed E-state index contributed by atoms with van der Waals surface area (Å²) >= 11 is 0. The second kappa shape index (κ2) is 7.91. The van der Waals surface area contributed by atoms with Gasteiger partial charge in [-0.15, -0.1) is 0 Å². The number of nitrogens with zero attached hydrogens (tertiary/aromatic N) is 4. The predicted molar refractivity (Wildman–Crippen MR) is 101 cm³/mol. The number of amides is 1. The maximum Gasteiger partial charge on any atom is 0.251 e. The third kappa shape index (κ3) is 4.33. The van der Waals surface area contributed by atoms with Gasteiger partial charge in [0.15, 0.2) is 0 Å². The molecule has 0 saturated heterocycles. The first-order valence-corrected chi connectivity index (χ1v) is 8.72. The van der Waals surface area contributed by atoms with E-state index in [-0.39, 0.29) is 11.9 Å². The summed E-state index contributed by atoms with van der Waals surface area (Å²) in [6.45, 7) is 6.60. The van der Waals surface area contributed by atoms with Crippen molar-refractivity contribution in [1.82, 2.24) is 25.1 Å². The SMILES string of the molecule is Cc1cnc(C)c(-c2cccc(C(=O)N[C@H](C)CCn3cccn3)c2)n1. The van der Waals surface area contributed by atoms with Crippen molar-refractivity contribution in [2.24, 2.45) is 0 Å². The monoisotopic (exact) mass is 349 g/mol. The molecule has 1 atom stereocenters. The van der Waals surface area contributed by atoms with Crippen molar-refractivity contribution >= 4 is 5.91 Å². The molecule has 0 fully saturated rings. The van der Waals surface area contributed by atoms with Gasteiger partial charge in [0.05, 0.1) is 17.1 Å². The molecule has 134 valence electrons. The molecule has 0 aliphatic heterocycles. The van der Waals surface area contributed by atoms with Gasteiger partial charge in [-0.3, -0.25) is 14.5 Å². The molecular weight excluding hydrogens is 326 g/mol. The summed E-state index contributed by atoms with van der Waals surface area (Å²) in [6, 6.07) is 9.46. The van der Waals surface area contributed by atoms with E-state index in [1.54, 1.807) is 12.4 Å². The average Bonchev–Trinajstić information content (AvgIpc) is 3.16. The van der Waals surface area contributed by atoms with Gasteiger partial charge in [-0.05, 0) is 45.4 Å². The number of aromatic nitrogens is 4. The molecule has 6 nitrogen and oxygen atoms in total. The molecule has 0 saturated carbocycles. The van der Waals surface area contributed by atoms with Crippen LogP contribution in [0.4, 0.5) is 0 Å². The van der Waals surface area contributed by atoms with Crippen LogP contribution in [0, 0.1) is 13.8 Å². The summed E-state index contributed by atoms with van der Waals surface area (Å²) < 4.78 is 1.86. The Balaban J connectivity index is 1.69. The molecule has 0 unspecified atom stereocenters. The first kappa shape index (κ1) is 17.8. The molecule has 0 aliphatic carbocycles. The second-order valence-electron chi connectivity index (χ2n) is 6.46. The highest BCUT2D eigenvalue weighted by atomic mass is 16.1. The number of aryl methyl sites for hydroxylation is 3. The van der Waals surface area contributed by atoms with Crippen LogP contribution in [0.1, 0.15) is 35.1 Å². The molecule has 26 heavy (non-hydrogen) atoms. The van der Waals surface area contributed by atoms with E-state index in [4.69, 9.17) is 0 Å². The Morgan fingerprint density at radius 3 is 2.88 bits per heavy atom. The first-order chi connectivity index (χ1) is 12.5. The zero-order valence-corrected chi connectivity index (χ0v) is 15.3. The van der Waals surface area contributed by atoms with Gasteiger partial charge in [-0.25, -0.2) is 4.98 Å². The van der Waals surface area contributed by atoms with E-state index in [0.29, 0.717) is 5.56 Å². The number of hydrogen-bond acceptors (Lipinski definition) is 4. The van der Waals surface area contributed by atoms with Gasteiger partial charge in [0.1, 0.15) is 0 Å². The van der Waals surface area contributed by atoms with E-state index in [0.717, 1.165) is 35.6 Å². The Labute approximate surface area is 153 Å². The Hall–Kier alpha value is -3.02. The number of hydrogen-bond donors (Lipinski definition) is 1. The molecule has 0 aliphatic rings. The van der Waals surface area contributed by atoms with Gasteiger partial charge >= 0.3 is 0 Å². The molecule has 1 aromatic carbocycles. The average molecular weight is 349 g/mol. The van der Waals surface area contributed by atoms with Crippen LogP contribution < -0.4 is 5.32 Å². The lowest BCUT2D eigenvalue weighted by atomic mass is 10.1. The van der Waals surface area contributed by atoms with Crippen molar-refractivity contribution in [2.45, 2.75) is 39.8 Å². The van der Waals surface area contributed by atoms with E-state index < -0.39 is 0 Å². The lowest BCUT2D eigenvalue weighted by molar-refractivity contribution is 0.0937. The summed E-state index contributed by atoms with van der Waals surface area (Å²) in [6.07, 6.45) is 6.24. The summed E-state index contributed by atoms with van der Waals surface area (Å²) in [5.74, 6) is -0.0851. The van der Waals surface area contributed by atoms with Crippen LogP contribution in [-0.4, -0.2) is 31.7 Å². The van der Waals surface area contributed by atoms with Gasteiger partial charge in [0, 0.05) is 42.3 Å². The van der Waals surface area contributed by atoms with Crippen molar-refractivity contribution < 1.29 is 4.79 Å². The molecule has 2 aromatic heterocycles. The Kier molecular flexibility index (Phi) is 5.41. The number of benzene rings is 1. The lowest BCUT2D eigenvalue weighted by Gasteiger charge is -2.14. The van der Waals surface area contributed by atoms with Crippen molar-refractivity contribution in [3.63, 3.8) is 0 Å². The Morgan fingerprint density at radius 2 is 2.12 bits per heavy atom. The summed E-state index contributed by atoms with van der Waals surface area (Å²) in [5.41, 5.74) is 4.03. The van der Waals surface area contributed by atoms with Crippen LogP contribution in [0.25, 0.3) is 11.3 Å². The largest absolute Gasteiger partial charge is 0.350 e. The fourth-order valence-corrected chi connectivity index (χ4v) is 2.76. The summed E-state index contributed by atoms with van der Waals surface area (Å²) in [7, 11) is 0. The van der Waals surface area contributed by atoms with Crippen molar-refractivity contribution in [3.05, 3.63) is 65.9 Å². The number of rotatable bonds is 6. The third-order valence-electron chi connectivity index (χ3n) is 4.20. The zero-order valence-electron chi connectivity index (χ0n) is 15.3. The van der Waals surface area contributed by atoms with Gasteiger partial charge in [-0.2, -0.15) is 5.10 Å². The van der Waals surface area contributed by atoms with Crippen LogP contribution in [0.15, 0.2) is 48.9 Å². The van der Waals surface area contributed by atoms with E-state index in [1.807, 2.05) is 62.0 Å². The lowest BCUT2D eigenvalue weighted by Crippen LogP contribution is -2.33. The molecule has 3 rings (SSSR count). The minimum Gasteiger partial charge on any atom is -0.350 e. The highest BCUT2D eigenvalue weighted by Crippen LogP contribution is 2.21. The Bertz CT molecular complexity index is 889. The normalized spacial score (nSPS) is 12.0.